The molecule has 18 atom stereocenters. The number of fused-ring (bicyclic) bond motifs is 15. The molecule has 5 aromatic carbocycles. The minimum atomic E-state index is -2.53. The van der Waals surface area contributed by atoms with Gasteiger partial charge in [-0.3, -0.25) is 38.4 Å². The van der Waals surface area contributed by atoms with Crippen LogP contribution in [0.25, 0.3) is 11.1 Å². The molecule has 6 fully saturated rings. The zero-order valence-electron chi connectivity index (χ0n) is 62.4. The highest BCUT2D eigenvalue weighted by atomic mass is 35.5. The van der Waals surface area contributed by atoms with Crippen LogP contribution in [0.3, 0.4) is 0 Å². The summed E-state index contributed by atoms with van der Waals surface area (Å²) in [5.74, 6) is -14.5. The number of primary amides is 1. The van der Waals surface area contributed by atoms with Gasteiger partial charge in [-0.25, -0.2) is 0 Å². The van der Waals surface area contributed by atoms with Crippen molar-refractivity contribution in [2.75, 3.05) is 13.2 Å². The number of hydrogen-bond acceptors (Lipinski definition) is 25. The minimum absolute atomic E-state index is 0.0613. The minimum Gasteiger partial charge on any atom is -0.508 e. The van der Waals surface area contributed by atoms with Crippen LogP contribution in [-0.2, 0) is 58.2 Å². The van der Waals surface area contributed by atoms with Gasteiger partial charge in [0.25, 0.3) is 0 Å². The van der Waals surface area contributed by atoms with Gasteiger partial charge in [0.15, 0.2) is 29.7 Å². The molecule has 113 heavy (non-hydrogen) atoms. The Morgan fingerprint density at radius 2 is 1.38 bits per heavy atom. The van der Waals surface area contributed by atoms with Crippen molar-refractivity contribution >= 4 is 70.3 Å². The van der Waals surface area contributed by atoms with Crippen LogP contribution in [0.15, 0.2) is 78.9 Å². The van der Waals surface area contributed by atoms with Crippen molar-refractivity contribution < 1.29 is 113 Å². The van der Waals surface area contributed by atoms with E-state index in [0.717, 1.165) is 75.4 Å². The van der Waals surface area contributed by atoms with Gasteiger partial charge in [-0.05, 0) is 171 Å². The fourth-order valence-corrected chi connectivity index (χ4v) is 18.1. The average Bonchev–Trinajstić information content (AvgIpc) is 1.20. The van der Waals surface area contributed by atoms with E-state index in [0.29, 0.717) is 11.8 Å². The number of aliphatic hydroxyl groups excluding tert-OH is 5. The van der Waals surface area contributed by atoms with Crippen molar-refractivity contribution in [1.82, 2.24) is 31.9 Å². The van der Waals surface area contributed by atoms with Crippen molar-refractivity contribution in [3.05, 3.63) is 117 Å². The number of ketones is 1. The maximum atomic E-state index is 16.4. The number of phenolic OH excluding ortho intramolecular Hbond substituents is 3. The summed E-state index contributed by atoms with van der Waals surface area (Å²) in [6.45, 7) is 6.65. The molecule has 32 nitrogen and oxygen atoms in total. The highest BCUT2D eigenvalue weighted by Crippen LogP contribution is 2.55. The average molecular weight is 1610 g/mol. The third-order valence-corrected chi connectivity index (χ3v) is 23.9. The van der Waals surface area contributed by atoms with Gasteiger partial charge in [-0.1, -0.05) is 55.2 Å². The zero-order chi connectivity index (χ0) is 81.3. The summed E-state index contributed by atoms with van der Waals surface area (Å²) in [6, 6.07) is 4.78. The van der Waals surface area contributed by atoms with E-state index in [-0.39, 0.29) is 98.1 Å². The Bertz CT molecular complexity index is 4520. The Balaban J connectivity index is 1.02. The second kappa shape index (κ2) is 32.7. The molecule has 5 aromatic rings. The summed E-state index contributed by atoms with van der Waals surface area (Å²) in [5, 5.41) is 122. The molecule has 15 bridgehead atoms. The SMILES string of the molecule is CC(C)CC(CN)C(=O)NC1C(=O)NC(CC(N)=O)C(=O)NC2C(=O)NC3CC(=O)NC(C(=O)CC(C(=O)NC4C5CC6CC(C5)CC4C6)c4cc(O)cc(O)c4-c4cc3ccc4O)C(O)c3ccc(c(Cl)c3)Oc3cc2cc(c3OC2OC(CO)C(O)C(O)C2OC2CC(C)(N)C(O)C(C)O2)Oc2ccc(cc2Cl)C1(C)O. The van der Waals surface area contributed by atoms with E-state index in [2.05, 4.69) is 31.9 Å². The van der Waals surface area contributed by atoms with E-state index >= 15 is 28.8 Å². The number of nitrogens with two attached hydrogens (primary N) is 3. The first-order valence-corrected chi connectivity index (χ1v) is 38.5. The fourth-order valence-electron chi connectivity index (χ4n) is 17.7. The van der Waals surface area contributed by atoms with Crippen molar-refractivity contribution in [3.63, 3.8) is 0 Å². The number of aromatic hydroxyl groups is 3. The topological polar surface area (TPSA) is 524 Å². The van der Waals surface area contributed by atoms with Crippen molar-refractivity contribution in [1.29, 1.82) is 0 Å². The molecular weight excluding hydrogens is 1510 g/mol. The van der Waals surface area contributed by atoms with Gasteiger partial charge in [-0.15, -0.1) is 0 Å². The van der Waals surface area contributed by atoms with Crippen LogP contribution in [-0.4, -0.2) is 185 Å². The van der Waals surface area contributed by atoms with Crippen LogP contribution in [0.4, 0.5) is 0 Å². The smallest absolute Gasteiger partial charge is 0.247 e. The molecule has 4 aliphatic carbocycles. The second-order valence-electron chi connectivity index (χ2n) is 32.2. The summed E-state index contributed by atoms with van der Waals surface area (Å²) in [6.07, 6.45) is -13.4. The monoisotopic (exact) mass is 1610 g/mol. The van der Waals surface area contributed by atoms with E-state index in [4.69, 9.17) is 68.8 Å². The summed E-state index contributed by atoms with van der Waals surface area (Å²) in [4.78, 5) is 121. The number of benzene rings is 5. The Kier molecular flexibility index (Phi) is 23.7. The van der Waals surface area contributed by atoms with Crippen LogP contribution in [0.2, 0.25) is 10.0 Å². The van der Waals surface area contributed by atoms with E-state index in [1.165, 1.54) is 56.3 Å². The molecule has 0 radical (unpaired) electrons. The summed E-state index contributed by atoms with van der Waals surface area (Å²) in [5.41, 5.74) is 13.2. The summed E-state index contributed by atoms with van der Waals surface area (Å²) in [7, 11) is 0. The van der Waals surface area contributed by atoms with E-state index in [9.17, 15) is 55.5 Å². The third-order valence-electron chi connectivity index (χ3n) is 23.3. The van der Waals surface area contributed by atoms with E-state index in [1.54, 1.807) is 0 Å². The number of carbonyl (C=O) groups excluding carboxylic acids is 8. The molecule has 2 saturated heterocycles. The molecule has 0 spiro atoms. The molecular formula is C79H95Cl2N9O23. The number of rotatable bonds is 14. The molecule has 18 unspecified atom stereocenters. The van der Waals surface area contributed by atoms with Gasteiger partial charge in [0.2, 0.25) is 53.4 Å². The number of phenols is 3. The molecule has 21 N–H and O–H groups in total. The number of ether oxygens (including phenoxy) is 6. The molecule has 34 heteroatoms. The largest absolute Gasteiger partial charge is 0.508 e. The molecule has 4 saturated carbocycles. The fraction of sp³-hybridized carbons (Fsp3) is 0.519. The standard InChI is InChI=1S/C79H95Cl2N9O23/c1-31(2)12-40(29-82)72(102)90-70-76(106)86-49(26-58(83)96)74(104)89-63-39-20-55(68(56(21-39)110-54-11-8-41(22-47(54)81)79(70,5)107)113-77-69(67(100)66(99)57(30-91)111-77)112-60-28-78(4,84)71(101)32(3)108-60)109-53-10-7-36(19-46(53)80)65(98)64-52(95)25-44(73(103)88-62-37-14-33-13-34(16-37)17-38(62)15-33)43-23-42(92)24-51(94)61(43)45-18-35(6-9-50(45)93)48(85-75(63)105)27-59(97)87-64/h6-11,18-24,31-34,37-38,40,44,48-49,57,60,62-67,69-71,77,91-94,98-101,107H,12-17,25-30,82,84H2,1-5H3,(H2,83,96)(H,85,105)(H,86,106)(H,87,97)(H,88,103)(H,89,104)(H,90,102). The maximum absolute atomic E-state index is 16.4. The lowest BCUT2D eigenvalue weighted by molar-refractivity contribution is -0.333. The van der Waals surface area contributed by atoms with Crippen LogP contribution >= 0.6 is 23.2 Å². The van der Waals surface area contributed by atoms with Crippen LogP contribution in [0.5, 0.6) is 46.0 Å². The lowest BCUT2D eigenvalue weighted by Gasteiger charge is -2.54. The molecule has 7 heterocycles. The Morgan fingerprint density at radius 1 is 0.726 bits per heavy atom. The molecule has 7 aliphatic heterocycles. The predicted octanol–water partition coefficient (Wildman–Crippen LogP) is 3.40. The molecule has 11 aliphatic rings. The number of aliphatic hydroxyl groups is 6. The van der Waals surface area contributed by atoms with Crippen molar-refractivity contribution in [2.24, 2.45) is 52.7 Å². The van der Waals surface area contributed by atoms with Gasteiger partial charge in [0.05, 0.1) is 59.6 Å². The summed E-state index contributed by atoms with van der Waals surface area (Å²) < 4.78 is 39.0. The lowest BCUT2D eigenvalue weighted by atomic mass is 9.54. The number of amides is 7. The first-order chi connectivity index (χ1) is 53.5. The van der Waals surface area contributed by atoms with Crippen molar-refractivity contribution in [3.8, 4) is 57.1 Å². The lowest BCUT2D eigenvalue weighted by Crippen LogP contribution is -2.64. The number of hydrogen-bond donors (Lipinski definition) is 18. The number of Topliss-reactive ketones (excluding diaryl/α,β-unsaturated/α-hetero) is 1. The van der Waals surface area contributed by atoms with E-state index < -0.39 is 222 Å². The molecule has 7 amide bonds. The zero-order valence-corrected chi connectivity index (χ0v) is 63.9. The maximum Gasteiger partial charge on any atom is 0.247 e. The van der Waals surface area contributed by atoms with Gasteiger partial charge in [-0.2, -0.15) is 0 Å². The predicted molar refractivity (Wildman–Crippen MR) is 401 cm³/mol. The molecule has 16 rings (SSSR count). The number of carbonyl (C=O) groups is 8. The van der Waals surface area contributed by atoms with E-state index in [1.807, 2.05) is 13.8 Å². The highest BCUT2D eigenvalue weighted by molar-refractivity contribution is 6.32. The van der Waals surface area contributed by atoms with Crippen molar-refractivity contribution in [2.45, 2.75) is 207 Å². The number of nitrogens with one attached hydrogen (secondary N) is 6. The first-order valence-electron chi connectivity index (χ1n) is 37.8. The van der Waals surface area contributed by atoms with Crippen LogP contribution < -0.4 is 63.3 Å². The highest BCUT2D eigenvalue weighted by Gasteiger charge is 2.53. The van der Waals surface area contributed by atoms with Crippen LogP contribution in [0, 0.1) is 35.5 Å². The number of halogens is 2. The second-order valence-corrected chi connectivity index (χ2v) is 33.0. The molecule has 0 aromatic heterocycles. The Labute approximate surface area is 659 Å². The normalized spacial score (nSPS) is 33.3. The van der Waals surface area contributed by atoms with Gasteiger partial charge in [0, 0.05) is 48.2 Å². The van der Waals surface area contributed by atoms with Gasteiger partial charge >= 0.3 is 0 Å². The molecule has 608 valence electrons. The Hall–Kier alpha value is -9.00. The quantitative estimate of drug-likeness (QED) is 0.0757. The van der Waals surface area contributed by atoms with Gasteiger partial charge < -0.3 is 123 Å². The van der Waals surface area contributed by atoms with Crippen LogP contribution in [0.1, 0.15) is 151 Å². The summed E-state index contributed by atoms with van der Waals surface area (Å²) >= 11 is 14.5. The Morgan fingerprint density at radius 3 is 2.00 bits per heavy atom. The van der Waals surface area contributed by atoms with Gasteiger partial charge in [0.1, 0.15) is 82.9 Å². The first kappa shape index (κ1) is 82.0. The third kappa shape index (κ3) is 16.9.